The van der Waals surface area contributed by atoms with Crippen LogP contribution in [0.2, 0.25) is 0 Å². The highest BCUT2D eigenvalue weighted by atomic mass is 31.2. The number of hydrogen-bond donors (Lipinski definition) is 20. The summed E-state index contributed by atoms with van der Waals surface area (Å²) in [6.07, 6.45) is -5.21. The van der Waals surface area contributed by atoms with Crippen LogP contribution >= 0.6 is 38.0 Å². The van der Waals surface area contributed by atoms with Gasteiger partial charge in [0, 0.05) is 26.2 Å². The van der Waals surface area contributed by atoms with Crippen molar-refractivity contribution in [2.45, 2.75) is 0 Å². The highest BCUT2D eigenvalue weighted by Crippen LogP contribution is 2.42. The van der Waals surface area contributed by atoms with Gasteiger partial charge in [0.05, 0.1) is 0 Å². The molecule has 0 saturated carbocycles. The second-order valence-corrected chi connectivity index (χ2v) is 15.0. The molecule has 0 aromatic carbocycles. The SMILES string of the molecule is N.N.N.N.N.N.N.N.N.N.O=P(O)(O)CN(CCN(CP(=O)(O)O)CP(=O)(O)O)CCN(CP(=O)(O)O)CP(=O)(O)O. The molecule has 0 amide bonds. The van der Waals surface area contributed by atoms with Crippen LogP contribution in [0.25, 0.3) is 0 Å². The molecule has 0 radical (unpaired) electrons. The lowest BCUT2D eigenvalue weighted by molar-refractivity contribution is 0.198. The van der Waals surface area contributed by atoms with Gasteiger partial charge in [0.25, 0.3) is 0 Å². The van der Waals surface area contributed by atoms with Gasteiger partial charge in [-0.2, -0.15) is 0 Å². The van der Waals surface area contributed by atoms with Gasteiger partial charge in [-0.3, -0.25) is 37.5 Å². The van der Waals surface area contributed by atoms with Gasteiger partial charge in [0.1, 0.15) is 31.4 Å². The molecule has 40 N–H and O–H groups in total. The molecule has 0 spiro atoms. The summed E-state index contributed by atoms with van der Waals surface area (Å²) in [6.45, 7) is -1.78. The van der Waals surface area contributed by atoms with E-state index >= 15 is 0 Å². The average Bonchev–Trinajstić information content (AvgIpc) is 2.41. The van der Waals surface area contributed by atoms with E-state index in [9.17, 15) is 32.6 Å². The van der Waals surface area contributed by atoms with Gasteiger partial charge in [-0.1, -0.05) is 0 Å². The van der Waals surface area contributed by atoms with E-state index in [1.165, 1.54) is 0 Å². The summed E-state index contributed by atoms with van der Waals surface area (Å²) >= 11 is 0. The molecule has 0 heterocycles. The summed E-state index contributed by atoms with van der Waals surface area (Å²) in [5.41, 5.74) is 0. The molecule has 0 unspecified atom stereocenters. The predicted octanol–water partition coefficient (Wildman–Crippen LogP) is -0.812. The molecule has 0 saturated heterocycles. The molecular weight excluding hydrogens is 685 g/mol. The van der Waals surface area contributed by atoms with Gasteiger partial charge in [-0.25, -0.2) is 0 Å². The fraction of sp³-hybridized carbons (Fsp3) is 1.00. The van der Waals surface area contributed by atoms with Crippen LogP contribution in [0.3, 0.4) is 0 Å². The maximum Gasteiger partial charge on any atom is 0.339 e. The zero-order chi connectivity index (χ0) is 25.6. The molecule has 0 aliphatic rings. The molecule has 0 aliphatic heterocycles. The van der Waals surface area contributed by atoms with E-state index in [2.05, 4.69) is 0 Å². The maximum absolute atomic E-state index is 11.4. The Kier molecular flexibility index (Phi) is 50.3. The molecule has 42 heavy (non-hydrogen) atoms. The van der Waals surface area contributed by atoms with Crippen LogP contribution in [-0.4, -0.2) is 121 Å². The molecule has 28 nitrogen and oxygen atoms in total. The van der Waals surface area contributed by atoms with Crippen LogP contribution in [0.1, 0.15) is 0 Å². The first kappa shape index (κ1) is 73.6. The van der Waals surface area contributed by atoms with Crippen molar-refractivity contribution in [3.8, 4) is 0 Å². The van der Waals surface area contributed by atoms with Crippen LogP contribution in [0.4, 0.5) is 0 Å². The standard InChI is InChI=1S/C9H28N3O15P5.10H3N/c13-28(14,15)5-10(1-3-11(6-29(16,17)18)7-30(19,20)21)2-4-12(8-31(22,23)24)9-32(25,26)27;;;;;;;;;;/h1-9H2,(H2,13,14,15)(H2,16,17,18)(H2,19,20,21)(H2,22,23,24)(H2,25,26,27);10*1H3. The molecule has 0 aromatic rings. The smallest absolute Gasteiger partial charge is 0.339 e. The predicted molar refractivity (Wildman–Crippen MR) is 160 cm³/mol. The van der Waals surface area contributed by atoms with E-state index in [4.69, 9.17) is 39.1 Å². The van der Waals surface area contributed by atoms with Crippen molar-refractivity contribution in [2.75, 3.05) is 57.6 Å². The largest absolute Gasteiger partial charge is 0.344 e. The van der Waals surface area contributed by atoms with Crippen molar-refractivity contribution in [2.24, 2.45) is 0 Å². The molecule has 0 fully saturated rings. The van der Waals surface area contributed by atoms with Gasteiger partial charge in [0.15, 0.2) is 0 Å². The van der Waals surface area contributed by atoms with Crippen LogP contribution in [-0.2, 0) is 22.8 Å². The van der Waals surface area contributed by atoms with Gasteiger partial charge < -0.3 is 110 Å². The van der Waals surface area contributed by atoms with Crippen molar-refractivity contribution in [1.82, 2.24) is 76.2 Å². The van der Waals surface area contributed by atoms with Gasteiger partial charge >= 0.3 is 38.0 Å². The Labute approximate surface area is 244 Å². The van der Waals surface area contributed by atoms with E-state index in [1.54, 1.807) is 0 Å². The lowest BCUT2D eigenvalue weighted by Gasteiger charge is -2.30. The summed E-state index contributed by atoms with van der Waals surface area (Å²) in [6, 6.07) is 0. The fourth-order valence-electron chi connectivity index (χ4n) is 2.49. The zero-order valence-electron chi connectivity index (χ0n) is 23.5. The van der Waals surface area contributed by atoms with Crippen molar-refractivity contribution in [1.29, 1.82) is 0 Å². The Hall–Kier alpha value is 0.230. The van der Waals surface area contributed by atoms with E-state index in [-0.39, 0.29) is 61.5 Å². The minimum atomic E-state index is -4.76. The minimum absolute atomic E-state index is 0. The van der Waals surface area contributed by atoms with E-state index in [0.717, 1.165) is 4.90 Å². The Morgan fingerprint density at radius 2 is 0.405 bits per heavy atom. The first-order chi connectivity index (χ1) is 13.9. The second kappa shape index (κ2) is 28.7. The minimum Gasteiger partial charge on any atom is -0.344 e. The Morgan fingerprint density at radius 3 is 0.548 bits per heavy atom. The number of nitrogens with zero attached hydrogens (tertiary/aromatic N) is 3. The molecule has 0 aromatic heterocycles. The van der Waals surface area contributed by atoms with Crippen molar-refractivity contribution in [3.63, 3.8) is 0 Å². The molecule has 33 heteroatoms. The maximum atomic E-state index is 11.4. The highest BCUT2D eigenvalue weighted by molar-refractivity contribution is 7.53. The topological polar surface area (TPSA) is 647 Å². The van der Waals surface area contributed by atoms with Crippen LogP contribution < -0.4 is 61.5 Å². The summed E-state index contributed by atoms with van der Waals surface area (Å²) in [4.78, 5) is 93.2. The first-order valence-corrected chi connectivity index (χ1v) is 17.3. The molecular formula is C9H58N13O15P5. The van der Waals surface area contributed by atoms with E-state index in [0.29, 0.717) is 9.80 Å². The lowest BCUT2D eigenvalue weighted by Crippen LogP contribution is -2.41. The fourth-order valence-corrected chi connectivity index (χ4v) is 6.66. The summed E-state index contributed by atoms with van der Waals surface area (Å²) < 4.78 is 56.1. The van der Waals surface area contributed by atoms with E-state index in [1.807, 2.05) is 0 Å². The third-order valence-electron chi connectivity index (χ3n) is 3.39. The summed E-state index contributed by atoms with van der Waals surface area (Å²) in [5.74, 6) is 0. The zero-order valence-corrected chi connectivity index (χ0v) is 28.0. The number of hydrogen-bond acceptors (Lipinski definition) is 18. The molecule has 0 bridgehead atoms. The van der Waals surface area contributed by atoms with Gasteiger partial charge in [-0.15, -0.1) is 0 Å². The van der Waals surface area contributed by atoms with Crippen molar-refractivity contribution in [3.05, 3.63) is 0 Å². The van der Waals surface area contributed by atoms with Crippen molar-refractivity contribution >= 4 is 38.0 Å². The van der Waals surface area contributed by atoms with E-state index < -0.39 is 95.6 Å². The summed E-state index contributed by atoms with van der Waals surface area (Å²) in [7, 11) is -23.8. The Balaban J connectivity index is -0.000000107. The lowest BCUT2D eigenvalue weighted by atomic mass is 10.4. The van der Waals surface area contributed by atoms with Gasteiger partial charge in [-0.05, 0) is 0 Å². The first-order valence-electron chi connectivity index (χ1n) is 8.34. The quantitative estimate of drug-likeness (QED) is 0.0859. The van der Waals surface area contributed by atoms with Crippen LogP contribution in [0.5, 0.6) is 0 Å². The average molecular weight is 744 g/mol. The molecule has 274 valence electrons. The Bertz CT molecular complexity index is 744. The van der Waals surface area contributed by atoms with Crippen LogP contribution in [0, 0.1) is 0 Å². The molecule has 0 aliphatic carbocycles. The second-order valence-electron chi connectivity index (χ2n) is 6.94. The van der Waals surface area contributed by atoms with Crippen LogP contribution in [0.15, 0.2) is 0 Å². The highest BCUT2D eigenvalue weighted by Gasteiger charge is 2.29. The molecule has 0 atom stereocenters. The van der Waals surface area contributed by atoms with Crippen molar-refractivity contribution < 1.29 is 71.8 Å². The normalized spacial score (nSPS) is 11.2. The summed E-state index contributed by atoms with van der Waals surface area (Å²) in [5, 5.41) is 0. The molecule has 0 rings (SSSR count). The Morgan fingerprint density at radius 1 is 0.286 bits per heavy atom. The number of rotatable bonds is 16. The third-order valence-corrected chi connectivity index (χ3v) is 7.23. The van der Waals surface area contributed by atoms with Gasteiger partial charge in [0.2, 0.25) is 0 Å². The monoisotopic (exact) mass is 743 g/mol. The third kappa shape index (κ3) is 49.9.